The van der Waals surface area contributed by atoms with E-state index in [0.717, 1.165) is 34.2 Å². The second kappa shape index (κ2) is 18.3. The number of nitrogens with one attached hydrogen (secondary N) is 4. The molecular weight excluding hydrogens is 701 g/mol. The number of aliphatic hydroxyl groups excluding tert-OH is 1. The zero-order valence-electron chi connectivity index (χ0n) is 29.8. The third-order valence-electron chi connectivity index (χ3n) is 9.42. The van der Waals surface area contributed by atoms with Crippen LogP contribution in [0.4, 0.5) is 0 Å². The van der Waals surface area contributed by atoms with Gasteiger partial charge in [0.25, 0.3) is 5.91 Å². The highest BCUT2D eigenvalue weighted by molar-refractivity contribution is 8.03. The van der Waals surface area contributed by atoms with Crippen molar-refractivity contribution in [2.45, 2.75) is 61.5 Å². The van der Waals surface area contributed by atoms with Crippen molar-refractivity contribution in [2.75, 3.05) is 6.61 Å². The molecule has 0 aliphatic carbocycles. The van der Waals surface area contributed by atoms with Crippen LogP contribution in [0.25, 0.3) is 11.1 Å². The summed E-state index contributed by atoms with van der Waals surface area (Å²) in [5, 5.41) is 24.1. The number of amides is 4. The minimum Gasteiger partial charge on any atom is -0.511 e. The number of fused-ring (bicyclic) bond motifs is 16. The zero-order chi connectivity index (χ0) is 37.9. The monoisotopic (exact) mass is 744 g/mol. The van der Waals surface area contributed by atoms with Crippen LogP contribution in [0.3, 0.4) is 0 Å². The van der Waals surface area contributed by atoms with E-state index < -0.39 is 47.8 Å². The summed E-state index contributed by atoms with van der Waals surface area (Å²) >= 11 is 1.59. The van der Waals surface area contributed by atoms with Gasteiger partial charge >= 0.3 is 0 Å². The topological polar surface area (TPSA) is 146 Å². The van der Waals surface area contributed by atoms with Crippen molar-refractivity contribution in [3.8, 4) is 16.9 Å². The normalized spacial score (nSPS) is 22.4. The number of carbonyl (C=O) groups is 4. The van der Waals surface area contributed by atoms with Gasteiger partial charge in [-0.15, -0.1) is 11.8 Å². The van der Waals surface area contributed by atoms with E-state index in [1.165, 1.54) is 0 Å². The molecule has 3 aliphatic heterocycles. The Morgan fingerprint density at radius 3 is 1.87 bits per heavy atom. The lowest BCUT2D eigenvalue weighted by molar-refractivity contribution is -0.134. The van der Waals surface area contributed by atoms with Gasteiger partial charge in [0, 0.05) is 18.1 Å². The molecule has 1 unspecified atom stereocenters. The SMILES string of the molecule is C=C(O)[C@@H]1Cc2ccc(cc2)OCC(=O)N[C@@H](CC2CC=CS2)C(=O)N[C@@H](Cc2ccc(-c3ccccc3)cc2)C(=O)N[C@H](Cc2ccccc2)C(=O)N1. The Kier molecular flexibility index (Phi) is 12.8. The molecule has 5 N–H and O–H groups in total. The van der Waals surface area contributed by atoms with Gasteiger partial charge in [-0.1, -0.05) is 110 Å². The van der Waals surface area contributed by atoms with E-state index >= 15 is 0 Å². The third kappa shape index (κ3) is 10.6. The molecule has 3 aliphatic rings. The number of allylic oxidation sites excluding steroid dienone is 1. The molecule has 0 radical (unpaired) electrons. The van der Waals surface area contributed by atoms with Crippen molar-refractivity contribution in [3.63, 3.8) is 0 Å². The van der Waals surface area contributed by atoms with Gasteiger partial charge in [-0.2, -0.15) is 0 Å². The Bertz CT molecular complexity index is 1950. The molecular formula is C43H44N4O6S. The van der Waals surface area contributed by atoms with Crippen LogP contribution in [-0.4, -0.2) is 64.8 Å². The Morgan fingerprint density at radius 2 is 1.26 bits per heavy atom. The van der Waals surface area contributed by atoms with Gasteiger partial charge in [-0.05, 0) is 64.6 Å². The van der Waals surface area contributed by atoms with Crippen molar-refractivity contribution < 1.29 is 29.0 Å². The minimum atomic E-state index is -1.11. The first-order chi connectivity index (χ1) is 26.2. The molecule has 4 amide bonds. The molecule has 0 fully saturated rings. The second-order valence-electron chi connectivity index (χ2n) is 13.5. The molecule has 0 spiro atoms. The summed E-state index contributed by atoms with van der Waals surface area (Å²) < 4.78 is 5.75. The fourth-order valence-corrected chi connectivity index (χ4v) is 7.43. The summed E-state index contributed by atoms with van der Waals surface area (Å²) in [5.41, 5.74) is 4.39. The predicted octanol–water partition coefficient (Wildman–Crippen LogP) is 5.19. The lowest BCUT2D eigenvalue weighted by Gasteiger charge is -2.27. The van der Waals surface area contributed by atoms with Gasteiger partial charge in [0.2, 0.25) is 17.7 Å². The predicted molar refractivity (Wildman–Crippen MR) is 211 cm³/mol. The summed E-state index contributed by atoms with van der Waals surface area (Å²) in [6.07, 6.45) is 3.56. The van der Waals surface area contributed by atoms with Gasteiger partial charge in [0.05, 0.1) is 6.04 Å². The number of aliphatic hydroxyl groups is 1. The largest absolute Gasteiger partial charge is 0.511 e. The van der Waals surface area contributed by atoms with Gasteiger partial charge in [0.1, 0.15) is 29.6 Å². The zero-order valence-corrected chi connectivity index (χ0v) is 30.6. The number of benzene rings is 4. The van der Waals surface area contributed by atoms with E-state index in [1.54, 1.807) is 36.0 Å². The highest BCUT2D eigenvalue weighted by Crippen LogP contribution is 2.28. The fraction of sp³-hybridized carbons (Fsp3) is 0.256. The van der Waals surface area contributed by atoms with Crippen LogP contribution in [-0.2, 0) is 38.4 Å². The number of ether oxygens (including phenoxy) is 1. The van der Waals surface area contributed by atoms with Crippen molar-refractivity contribution >= 4 is 35.4 Å². The lowest BCUT2D eigenvalue weighted by Crippen LogP contribution is -2.58. The molecule has 0 saturated carbocycles. The lowest BCUT2D eigenvalue weighted by atomic mass is 9.98. The summed E-state index contributed by atoms with van der Waals surface area (Å²) in [6, 6.07) is 29.8. The third-order valence-corrected chi connectivity index (χ3v) is 10.5. The molecule has 0 aromatic heterocycles. The molecule has 0 saturated heterocycles. The molecule has 11 heteroatoms. The summed E-state index contributed by atoms with van der Waals surface area (Å²) in [7, 11) is 0. The highest BCUT2D eigenvalue weighted by atomic mass is 32.2. The highest BCUT2D eigenvalue weighted by Gasteiger charge is 2.32. The molecule has 278 valence electrons. The number of hydrogen-bond donors (Lipinski definition) is 5. The molecule has 3 heterocycles. The van der Waals surface area contributed by atoms with Crippen LogP contribution < -0.4 is 26.0 Å². The molecule has 54 heavy (non-hydrogen) atoms. The Morgan fingerprint density at radius 1 is 0.685 bits per heavy atom. The summed E-state index contributed by atoms with van der Waals surface area (Å²) in [6.45, 7) is 3.36. The molecule has 2 bridgehead atoms. The standard InChI is InChI=1S/C43H44N4O6S/c1-28(48)36-23-31-16-20-34(21-17-31)53-27-40(49)44-39(26-35-13-8-22-54-35)43(52)47-38(25-30-14-18-33(19-15-30)32-11-6-3-7-12-32)42(51)46-37(41(50)45-36)24-29-9-4-2-5-10-29/h2-12,14-22,35-39,48H,1,13,23-27H2,(H,44,49)(H,45,50)(H,46,51)(H,47,52)/t35?,36-,37+,38-,39-/m0/s1. The Labute approximate surface area is 319 Å². The quantitative estimate of drug-likeness (QED) is 0.123. The summed E-state index contributed by atoms with van der Waals surface area (Å²) in [5.74, 6) is -1.94. The number of thioether (sulfide) groups is 1. The molecule has 4 aromatic carbocycles. The maximum atomic E-state index is 14.4. The van der Waals surface area contributed by atoms with Crippen LogP contribution in [0, 0.1) is 0 Å². The first kappa shape index (κ1) is 37.9. The molecule has 5 atom stereocenters. The average molecular weight is 745 g/mol. The smallest absolute Gasteiger partial charge is 0.258 e. The average Bonchev–Trinajstić information content (AvgIpc) is 3.70. The maximum absolute atomic E-state index is 14.4. The van der Waals surface area contributed by atoms with Crippen LogP contribution in [0.5, 0.6) is 5.75 Å². The number of hydrogen-bond acceptors (Lipinski definition) is 7. The first-order valence-electron chi connectivity index (χ1n) is 18.0. The van der Waals surface area contributed by atoms with Crippen molar-refractivity contribution in [1.82, 2.24) is 21.3 Å². The van der Waals surface area contributed by atoms with E-state index in [0.29, 0.717) is 12.2 Å². The van der Waals surface area contributed by atoms with Gasteiger partial charge in [0.15, 0.2) is 6.61 Å². The van der Waals surface area contributed by atoms with Crippen molar-refractivity contribution in [3.05, 3.63) is 150 Å². The van der Waals surface area contributed by atoms with E-state index in [2.05, 4.69) is 27.8 Å². The van der Waals surface area contributed by atoms with Gasteiger partial charge in [-0.3, -0.25) is 19.2 Å². The van der Waals surface area contributed by atoms with Gasteiger partial charge in [-0.25, -0.2) is 0 Å². The minimum absolute atomic E-state index is 0.0575. The molecule has 7 rings (SSSR count). The first-order valence-corrected chi connectivity index (χ1v) is 18.9. The fourth-order valence-electron chi connectivity index (χ4n) is 6.46. The van der Waals surface area contributed by atoms with Gasteiger partial charge < -0.3 is 31.1 Å². The van der Waals surface area contributed by atoms with Crippen LogP contribution in [0.15, 0.2) is 133 Å². The summed E-state index contributed by atoms with van der Waals surface area (Å²) in [4.78, 5) is 55.7. The van der Waals surface area contributed by atoms with Crippen molar-refractivity contribution in [1.29, 1.82) is 0 Å². The van der Waals surface area contributed by atoms with E-state index in [-0.39, 0.29) is 36.9 Å². The van der Waals surface area contributed by atoms with Crippen LogP contribution in [0.2, 0.25) is 0 Å². The van der Waals surface area contributed by atoms with E-state index in [9.17, 15) is 24.3 Å². The number of carbonyl (C=O) groups excluding carboxylic acids is 4. The number of rotatable bonds is 8. The van der Waals surface area contributed by atoms with E-state index in [4.69, 9.17) is 4.74 Å². The maximum Gasteiger partial charge on any atom is 0.258 e. The van der Waals surface area contributed by atoms with E-state index in [1.807, 2.05) is 96.4 Å². The molecule has 4 aromatic rings. The molecule has 10 nitrogen and oxygen atoms in total. The van der Waals surface area contributed by atoms with Crippen LogP contribution in [0.1, 0.15) is 29.5 Å². The van der Waals surface area contributed by atoms with Crippen LogP contribution >= 0.6 is 11.8 Å². The second-order valence-corrected chi connectivity index (χ2v) is 14.7. The van der Waals surface area contributed by atoms with Crippen molar-refractivity contribution in [2.24, 2.45) is 0 Å². The Balaban J connectivity index is 1.33. The Hall–Kier alpha value is -5.81.